The molecule has 1 aromatic heterocycles. The molecule has 0 aliphatic rings. The van der Waals surface area contributed by atoms with E-state index in [0.717, 1.165) is 26.5 Å². The summed E-state index contributed by atoms with van der Waals surface area (Å²) in [7, 11) is 1.34. The Labute approximate surface area is 159 Å². The van der Waals surface area contributed by atoms with Crippen LogP contribution in [0.4, 0.5) is 0 Å². The molecular weight excluding hydrogens is 396 g/mol. The lowest BCUT2D eigenvalue weighted by molar-refractivity contribution is -0.141. The zero-order chi connectivity index (χ0) is 18.7. The molecule has 26 heavy (non-hydrogen) atoms. The SMILES string of the molecule is COC(=O)CC(NC(=O)c1cc2cccc(C)c2[nH]1)c1ccccc1Br. The number of carbonyl (C=O) groups excluding carboxylic acids is 2. The average Bonchev–Trinajstić information content (AvgIpc) is 3.07. The summed E-state index contributed by atoms with van der Waals surface area (Å²) in [6, 6.07) is 14.7. The number of aromatic nitrogens is 1. The normalized spacial score (nSPS) is 12.0. The second-order valence-electron chi connectivity index (χ2n) is 6.05. The van der Waals surface area contributed by atoms with Crippen LogP contribution < -0.4 is 5.32 Å². The van der Waals surface area contributed by atoms with Gasteiger partial charge in [0.2, 0.25) is 0 Å². The highest BCUT2D eigenvalue weighted by molar-refractivity contribution is 9.10. The van der Waals surface area contributed by atoms with Crippen LogP contribution in [0.25, 0.3) is 10.9 Å². The molecule has 2 N–H and O–H groups in total. The van der Waals surface area contributed by atoms with Gasteiger partial charge < -0.3 is 15.0 Å². The van der Waals surface area contributed by atoms with Crippen LogP contribution in [0.3, 0.4) is 0 Å². The van der Waals surface area contributed by atoms with Crippen LogP contribution in [-0.2, 0) is 9.53 Å². The second-order valence-corrected chi connectivity index (χ2v) is 6.90. The van der Waals surface area contributed by atoms with E-state index in [4.69, 9.17) is 4.74 Å². The molecule has 3 rings (SSSR count). The number of amides is 1. The van der Waals surface area contributed by atoms with Gasteiger partial charge in [0.15, 0.2) is 0 Å². The zero-order valence-corrected chi connectivity index (χ0v) is 16.1. The number of H-pyrrole nitrogens is 1. The van der Waals surface area contributed by atoms with E-state index in [9.17, 15) is 9.59 Å². The summed E-state index contributed by atoms with van der Waals surface area (Å²) in [6.45, 7) is 1.99. The molecule has 0 aliphatic heterocycles. The Morgan fingerprint density at radius 3 is 2.65 bits per heavy atom. The lowest BCUT2D eigenvalue weighted by Gasteiger charge is -2.19. The van der Waals surface area contributed by atoms with Gasteiger partial charge in [0.1, 0.15) is 5.69 Å². The van der Waals surface area contributed by atoms with E-state index in [1.165, 1.54) is 7.11 Å². The molecule has 1 unspecified atom stereocenters. The van der Waals surface area contributed by atoms with Crippen molar-refractivity contribution in [3.63, 3.8) is 0 Å². The Morgan fingerprint density at radius 2 is 1.96 bits per heavy atom. The summed E-state index contributed by atoms with van der Waals surface area (Å²) >= 11 is 3.48. The molecule has 0 saturated carbocycles. The first-order chi connectivity index (χ1) is 12.5. The zero-order valence-electron chi connectivity index (χ0n) is 14.5. The third-order valence-corrected chi connectivity index (χ3v) is 5.02. The van der Waals surface area contributed by atoms with Gasteiger partial charge in [-0.05, 0) is 30.2 Å². The van der Waals surface area contributed by atoms with E-state index in [1.54, 1.807) is 0 Å². The van der Waals surface area contributed by atoms with Gasteiger partial charge >= 0.3 is 5.97 Å². The topological polar surface area (TPSA) is 71.2 Å². The van der Waals surface area contributed by atoms with Crippen LogP contribution in [0.1, 0.15) is 34.1 Å². The first-order valence-electron chi connectivity index (χ1n) is 8.20. The molecular formula is C20H19BrN2O3. The monoisotopic (exact) mass is 414 g/mol. The van der Waals surface area contributed by atoms with Crippen LogP contribution in [0.5, 0.6) is 0 Å². The number of esters is 1. The molecule has 3 aromatic rings. The minimum absolute atomic E-state index is 0.0457. The molecule has 0 radical (unpaired) electrons. The van der Waals surface area contributed by atoms with Crippen molar-refractivity contribution in [3.8, 4) is 0 Å². The van der Waals surface area contributed by atoms with Crippen molar-refractivity contribution in [3.05, 3.63) is 69.8 Å². The van der Waals surface area contributed by atoms with E-state index >= 15 is 0 Å². The number of fused-ring (bicyclic) bond motifs is 1. The number of rotatable bonds is 5. The maximum absolute atomic E-state index is 12.8. The fourth-order valence-corrected chi connectivity index (χ4v) is 3.47. The van der Waals surface area contributed by atoms with Gasteiger partial charge in [-0.15, -0.1) is 0 Å². The minimum Gasteiger partial charge on any atom is -0.469 e. The molecule has 0 fully saturated rings. The predicted molar refractivity (Wildman–Crippen MR) is 104 cm³/mol. The molecule has 0 bridgehead atoms. The number of aryl methyl sites for hydroxylation is 1. The van der Waals surface area contributed by atoms with Crippen LogP contribution in [0.2, 0.25) is 0 Å². The number of halogens is 1. The van der Waals surface area contributed by atoms with Crippen molar-refractivity contribution in [2.45, 2.75) is 19.4 Å². The van der Waals surface area contributed by atoms with Crippen molar-refractivity contribution in [2.75, 3.05) is 7.11 Å². The van der Waals surface area contributed by atoms with Gasteiger partial charge in [0, 0.05) is 15.4 Å². The van der Waals surface area contributed by atoms with E-state index < -0.39 is 12.0 Å². The Balaban J connectivity index is 1.89. The van der Waals surface area contributed by atoms with Gasteiger partial charge in [-0.25, -0.2) is 0 Å². The van der Waals surface area contributed by atoms with Gasteiger partial charge in [-0.1, -0.05) is 52.3 Å². The molecule has 5 nitrogen and oxygen atoms in total. The van der Waals surface area contributed by atoms with Crippen LogP contribution >= 0.6 is 15.9 Å². The van der Waals surface area contributed by atoms with Crippen molar-refractivity contribution in [1.29, 1.82) is 0 Å². The number of hydrogen-bond acceptors (Lipinski definition) is 3. The lowest BCUT2D eigenvalue weighted by Crippen LogP contribution is -2.31. The molecule has 0 spiro atoms. The first kappa shape index (κ1) is 18.2. The smallest absolute Gasteiger partial charge is 0.307 e. The van der Waals surface area contributed by atoms with Crippen molar-refractivity contribution in [1.82, 2.24) is 10.3 Å². The lowest BCUT2D eigenvalue weighted by atomic mass is 10.0. The molecule has 134 valence electrons. The number of aromatic amines is 1. The van der Waals surface area contributed by atoms with Gasteiger partial charge in [-0.3, -0.25) is 9.59 Å². The molecule has 1 heterocycles. The Kier molecular flexibility index (Phi) is 5.42. The highest BCUT2D eigenvalue weighted by atomic mass is 79.9. The summed E-state index contributed by atoms with van der Waals surface area (Å²) in [6.07, 6.45) is 0.0457. The summed E-state index contributed by atoms with van der Waals surface area (Å²) < 4.78 is 5.60. The Bertz CT molecular complexity index is 965. The highest BCUT2D eigenvalue weighted by Crippen LogP contribution is 2.27. The third kappa shape index (κ3) is 3.80. The fraction of sp³-hybridized carbons (Fsp3) is 0.200. The molecule has 1 atom stereocenters. The standard InChI is InChI=1S/C20H19BrN2O3/c1-12-6-5-7-13-10-17(22-19(12)13)20(25)23-16(11-18(24)26-2)14-8-3-4-9-15(14)21/h3-10,16,22H,11H2,1-2H3,(H,23,25). The average molecular weight is 415 g/mol. The maximum Gasteiger partial charge on any atom is 0.307 e. The molecule has 1 amide bonds. The summed E-state index contributed by atoms with van der Waals surface area (Å²) in [5.41, 5.74) is 3.27. The van der Waals surface area contributed by atoms with Crippen molar-refractivity contribution < 1.29 is 14.3 Å². The van der Waals surface area contributed by atoms with E-state index in [2.05, 4.69) is 26.2 Å². The number of nitrogens with one attached hydrogen (secondary N) is 2. The number of para-hydroxylation sites is 1. The van der Waals surface area contributed by atoms with Gasteiger partial charge in [-0.2, -0.15) is 0 Å². The highest BCUT2D eigenvalue weighted by Gasteiger charge is 2.22. The van der Waals surface area contributed by atoms with Crippen LogP contribution in [0, 0.1) is 6.92 Å². The number of methoxy groups -OCH3 is 1. The maximum atomic E-state index is 12.8. The number of ether oxygens (including phenoxy) is 1. The second kappa shape index (κ2) is 7.74. The largest absolute Gasteiger partial charge is 0.469 e. The summed E-state index contributed by atoms with van der Waals surface area (Å²) in [5.74, 6) is -0.663. The minimum atomic E-state index is -0.502. The fourth-order valence-electron chi connectivity index (χ4n) is 2.91. The molecule has 0 saturated heterocycles. The first-order valence-corrected chi connectivity index (χ1v) is 8.99. The predicted octanol–water partition coefficient (Wildman–Crippen LogP) is 4.27. The van der Waals surface area contributed by atoms with Gasteiger partial charge in [0.05, 0.1) is 19.6 Å². The Morgan fingerprint density at radius 1 is 1.19 bits per heavy atom. The van der Waals surface area contributed by atoms with Crippen molar-refractivity contribution >= 4 is 38.7 Å². The number of hydrogen-bond donors (Lipinski definition) is 2. The van der Waals surface area contributed by atoms with Crippen molar-refractivity contribution in [2.24, 2.45) is 0 Å². The van der Waals surface area contributed by atoms with Crippen LogP contribution in [0.15, 0.2) is 53.0 Å². The number of carbonyl (C=O) groups is 2. The quantitative estimate of drug-likeness (QED) is 0.612. The molecule has 2 aromatic carbocycles. The van der Waals surface area contributed by atoms with E-state index in [1.807, 2.05) is 55.5 Å². The number of benzene rings is 2. The summed E-state index contributed by atoms with van der Waals surface area (Å²) in [4.78, 5) is 27.8. The Hall–Kier alpha value is -2.60. The van der Waals surface area contributed by atoms with Crippen LogP contribution in [-0.4, -0.2) is 24.0 Å². The van der Waals surface area contributed by atoms with E-state index in [0.29, 0.717) is 5.69 Å². The van der Waals surface area contributed by atoms with E-state index in [-0.39, 0.29) is 12.3 Å². The summed E-state index contributed by atoms with van der Waals surface area (Å²) in [5, 5.41) is 3.91. The van der Waals surface area contributed by atoms with Gasteiger partial charge in [0.25, 0.3) is 5.91 Å². The molecule has 6 heteroatoms. The third-order valence-electron chi connectivity index (χ3n) is 4.29. The molecule has 0 aliphatic carbocycles.